The Labute approximate surface area is 205 Å². The van der Waals surface area contributed by atoms with Crippen molar-refractivity contribution in [3.63, 3.8) is 0 Å². The van der Waals surface area contributed by atoms with Crippen LogP contribution in [0.5, 0.6) is 5.75 Å². The predicted octanol–water partition coefficient (Wildman–Crippen LogP) is 4.60. The zero-order valence-electron chi connectivity index (χ0n) is 19.4. The second kappa shape index (κ2) is 12.5. The van der Waals surface area contributed by atoms with E-state index in [1.165, 1.54) is 0 Å². The summed E-state index contributed by atoms with van der Waals surface area (Å²) in [5.41, 5.74) is 2.67. The third-order valence-electron chi connectivity index (χ3n) is 5.15. The van der Waals surface area contributed by atoms with Crippen molar-refractivity contribution in [2.75, 3.05) is 25.1 Å². The lowest BCUT2D eigenvalue weighted by Gasteiger charge is -2.23. The van der Waals surface area contributed by atoms with Crippen LogP contribution in [-0.2, 0) is 6.42 Å². The van der Waals surface area contributed by atoms with Gasteiger partial charge in [-0.05, 0) is 61.0 Å². The van der Waals surface area contributed by atoms with Crippen LogP contribution in [0, 0.1) is 0 Å². The molecular weight excluding hydrogens is 446 g/mol. The number of nitrogens with zero attached hydrogens (tertiary/aromatic N) is 1. The van der Waals surface area contributed by atoms with E-state index in [0.29, 0.717) is 35.7 Å². The van der Waals surface area contributed by atoms with Crippen LogP contribution in [0.1, 0.15) is 39.6 Å². The molecule has 3 rings (SSSR count). The fourth-order valence-corrected chi connectivity index (χ4v) is 3.52. The molecule has 34 heavy (non-hydrogen) atoms. The summed E-state index contributed by atoms with van der Waals surface area (Å²) in [6.07, 6.45) is 1.62. The van der Waals surface area contributed by atoms with Gasteiger partial charge >= 0.3 is 0 Å². The number of rotatable bonds is 9. The molecular formula is C27H29N3O3S. The summed E-state index contributed by atoms with van der Waals surface area (Å²) in [5.74, 6) is 0.0863. The topological polar surface area (TPSA) is 70.7 Å². The van der Waals surface area contributed by atoms with Gasteiger partial charge in [0, 0.05) is 19.2 Å². The number of hydrogen-bond donors (Lipinski definition) is 2. The molecule has 0 aliphatic heterocycles. The fourth-order valence-electron chi connectivity index (χ4n) is 3.33. The molecule has 0 heterocycles. The van der Waals surface area contributed by atoms with Gasteiger partial charge < -0.3 is 15.0 Å². The zero-order chi connectivity index (χ0) is 24.3. The Bertz CT molecular complexity index is 1130. The van der Waals surface area contributed by atoms with Gasteiger partial charge in [-0.15, -0.1) is 0 Å². The van der Waals surface area contributed by atoms with E-state index in [0.717, 1.165) is 18.4 Å². The summed E-state index contributed by atoms with van der Waals surface area (Å²) in [7, 11) is 1.72. The van der Waals surface area contributed by atoms with E-state index >= 15 is 0 Å². The maximum atomic E-state index is 12.9. The SMILES string of the molecule is CCCOc1cccc(C(=O)NC(=S)N(C)c2ccccc2C(=O)NCCc2ccccc2)c1. The average molecular weight is 476 g/mol. The van der Waals surface area contributed by atoms with Crippen molar-refractivity contribution in [2.24, 2.45) is 0 Å². The van der Waals surface area contributed by atoms with E-state index in [-0.39, 0.29) is 16.9 Å². The number of ether oxygens (including phenoxy) is 1. The van der Waals surface area contributed by atoms with Gasteiger partial charge in [0.25, 0.3) is 11.8 Å². The molecule has 0 spiro atoms. The summed E-state index contributed by atoms with van der Waals surface area (Å²) >= 11 is 5.47. The summed E-state index contributed by atoms with van der Waals surface area (Å²) in [6.45, 7) is 3.11. The molecule has 0 saturated heterocycles. The standard InChI is InChI=1S/C27H29N3O3S/c1-3-18-33-22-13-9-12-21(19-22)25(31)29-27(34)30(2)24-15-8-7-14-23(24)26(32)28-17-16-20-10-5-4-6-11-20/h4-15,19H,3,16-18H2,1-2H3,(H,28,32)(H,29,31,34). The number of carbonyl (C=O) groups excluding carboxylic acids is 2. The minimum absolute atomic E-state index is 0.189. The van der Waals surface area contributed by atoms with Crippen LogP contribution in [-0.4, -0.2) is 37.1 Å². The Morgan fingerprint density at radius 3 is 2.44 bits per heavy atom. The highest BCUT2D eigenvalue weighted by Crippen LogP contribution is 2.20. The van der Waals surface area contributed by atoms with Gasteiger partial charge in [0.2, 0.25) is 0 Å². The fraction of sp³-hybridized carbons (Fsp3) is 0.222. The minimum atomic E-state index is -0.344. The van der Waals surface area contributed by atoms with Gasteiger partial charge in [-0.1, -0.05) is 55.5 Å². The van der Waals surface area contributed by atoms with Crippen LogP contribution in [0.3, 0.4) is 0 Å². The average Bonchev–Trinajstić information content (AvgIpc) is 2.87. The smallest absolute Gasteiger partial charge is 0.257 e. The second-order valence-corrected chi connectivity index (χ2v) is 8.09. The summed E-state index contributed by atoms with van der Waals surface area (Å²) < 4.78 is 5.60. The first-order valence-corrected chi connectivity index (χ1v) is 11.6. The van der Waals surface area contributed by atoms with Gasteiger partial charge in [0.1, 0.15) is 5.75 Å². The molecule has 0 fully saturated rings. The molecule has 7 heteroatoms. The molecule has 3 aromatic rings. The third-order valence-corrected chi connectivity index (χ3v) is 5.52. The Balaban J connectivity index is 1.64. The maximum Gasteiger partial charge on any atom is 0.257 e. The number of nitrogens with one attached hydrogen (secondary N) is 2. The molecule has 2 N–H and O–H groups in total. The molecule has 0 aromatic heterocycles. The van der Waals surface area contributed by atoms with Crippen LogP contribution < -0.4 is 20.3 Å². The van der Waals surface area contributed by atoms with Crippen LogP contribution in [0.2, 0.25) is 0 Å². The van der Waals surface area contributed by atoms with Gasteiger partial charge in [0.15, 0.2) is 5.11 Å². The number of thiocarbonyl (C=S) groups is 1. The number of carbonyl (C=O) groups is 2. The zero-order valence-corrected chi connectivity index (χ0v) is 20.2. The van der Waals surface area contributed by atoms with E-state index in [1.54, 1.807) is 48.3 Å². The predicted molar refractivity (Wildman–Crippen MR) is 140 cm³/mol. The first kappa shape index (κ1) is 24.9. The third kappa shape index (κ3) is 6.89. The number of hydrogen-bond acceptors (Lipinski definition) is 4. The van der Waals surface area contributed by atoms with Crippen molar-refractivity contribution in [1.29, 1.82) is 0 Å². The van der Waals surface area contributed by atoms with Gasteiger partial charge in [-0.2, -0.15) is 0 Å². The molecule has 0 aliphatic carbocycles. The molecule has 0 unspecified atom stereocenters. The highest BCUT2D eigenvalue weighted by Gasteiger charge is 2.18. The summed E-state index contributed by atoms with van der Waals surface area (Å²) in [4.78, 5) is 27.2. The number of anilines is 1. The molecule has 0 atom stereocenters. The van der Waals surface area contributed by atoms with E-state index < -0.39 is 0 Å². The van der Waals surface area contributed by atoms with Crippen LogP contribution in [0.15, 0.2) is 78.9 Å². The Kier molecular flexibility index (Phi) is 9.17. The molecule has 0 saturated carbocycles. The first-order chi connectivity index (χ1) is 16.5. The van der Waals surface area contributed by atoms with E-state index in [1.807, 2.05) is 49.4 Å². The maximum absolute atomic E-state index is 12.9. The van der Waals surface area contributed by atoms with Crippen molar-refractivity contribution in [2.45, 2.75) is 19.8 Å². The monoisotopic (exact) mass is 475 g/mol. The Morgan fingerprint density at radius 2 is 1.68 bits per heavy atom. The number of benzene rings is 3. The molecule has 0 radical (unpaired) electrons. The van der Waals surface area contributed by atoms with Crippen LogP contribution in [0.25, 0.3) is 0 Å². The summed E-state index contributed by atoms with van der Waals surface area (Å²) in [6, 6.07) is 24.1. The van der Waals surface area contributed by atoms with Crippen molar-refractivity contribution in [3.8, 4) is 5.75 Å². The highest BCUT2D eigenvalue weighted by molar-refractivity contribution is 7.80. The quantitative estimate of drug-likeness (QED) is 0.443. The van der Waals surface area contributed by atoms with Crippen molar-refractivity contribution in [3.05, 3.63) is 95.6 Å². The van der Waals surface area contributed by atoms with Gasteiger partial charge in [-0.25, -0.2) is 0 Å². The second-order valence-electron chi connectivity index (χ2n) is 7.70. The van der Waals surface area contributed by atoms with E-state index in [9.17, 15) is 9.59 Å². The first-order valence-electron chi connectivity index (χ1n) is 11.2. The Morgan fingerprint density at radius 1 is 0.941 bits per heavy atom. The molecule has 0 aliphatic rings. The lowest BCUT2D eigenvalue weighted by molar-refractivity contribution is 0.0952. The molecule has 0 bridgehead atoms. The molecule has 3 aromatic carbocycles. The van der Waals surface area contributed by atoms with Crippen molar-refractivity contribution < 1.29 is 14.3 Å². The van der Waals surface area contributed by atoms with Gasteiger partial charge in [-0.3, -0.25) is 14.9 Å². The molecule has 176 valence electrons. The summed E-state index contributed by atoms with van der Waals surface area (Å²) in [5, 5.41) is 5.89. The highest BCUT2D eigenvalue weighted by atomic mass is 32.1. The van der Waals surface area contributed by atoms with Crippen LogP contribution in [0.4, 0.5) is 5.69 Å². The van der Waals surface area contributed by atoms with Crippen molar-refractivity contribution in [1.82, 2.24) is 10.6 Å². The number of para-hydroxylation sites is 1. The van der Waals surface area contributed by atoms with Crippen molar-refractivity contribution >= 4 is 34.8 Å². The molecule has 2 amide bonds. The molecule has 6 nitrogen and oxygen atoms in total. The lowest BCUT2D eigenvalue weighted by atomic mass is 10.1. The normalized spacial score (nSPS) is 10.3. The van der Waals surface area contributed by atoms with E-state index in [4.69, 9.17) is 17.0 Å². The lowest BCUT2D eigenvalue weighted by Crippen LogP contribution is -2.41. The van der Waals surface area contributed by atoms with Crippen LogP contribution >= 0.6 is 12.2 Å². The van der Waals surface area contributed by atoms with E-state index in [2.05, 4.69) is 10.6 Å². The Hall–Kier alpha value is -3.71. The largest absolute Gasteiger partial charge is 0.494 e. The van der Waals surface area contributed by atoms with Gasteiger partial charge in [0.05, 0.1) is 17.9 Å². The number of amides is 2. The minimum Gasteiger partial charge on any atom is -0.494 e.